The SMILES string of the molecule is CCCCC(C)(CCCC)OCN. The highest BCUT2D eigenvalue weighted by molar-refractivity contribution is 4.74. The maximum absolute atomic E-state index is 5.61. The maximum Gasteiger partial charge on any atom is 0.0947 e. The van der Waals surface area contributed by atoms with E-state index in [0.717, 1.165) is 12.8 Å². The van der Waals surface area contributed by atoms with Gasteiger partial charge in [0.25, 0.3) is 0 Å². The highest BCUT2D eigenvalue weighted by atomic mass is 16.5. The van der Waals surface area contributed by atoms with Crippen LogP contribution in [0.15, 0.2) is 0 Å². The van der Waals surface area contributed by atoms with Gasteiger partial charge in [0.1, 0.15) is 0 Å². The molecule has 0 spiro atoms. The smallest absolute Gasteiger partial charge is 0.0947 e. The summed E-state index contributed by atoms with van der Waals surface area (Å²) in [7, 11) is 0. The first-order valence-corrected chi connectivity index (χ1v) is 5.52. The van der Waals surface area contributed by atoms with E-state index < -0.39 is 0 Å². The molecule has 13 heavy (non-hydrogen) atoms. The molecule has 0 aromatic heterocycles. The van der Waals surface area contributed by atoms with Crippen LogP contribution in [0, 0.1) is 0 Å². The van der Waals surface area contributed by atoms with Crippen molar-refractivity contribution >= 4 is 0 Å². The number of unbranched alkanes of at least 4 members (excludes halogenated alkanes) is 2. The normalized spacial score (nSPS) is 12.0. The molecule has 0 rings (SSSR count). The third-order valence-corrected chi connectivity index (χ3v) is 2.55. The molecule has 0 saturated carbocycles. The van der Waals surface area contributed by atoms with Crippen LogP contribution in [0.3, 0.4) is 0 Å². The Bertz CT molecular complexity index is 107. The van der Waals surface area contributed by atoms with Crippen molar-refractivity contribution in [3.8, 4) is 0 Å². The molecule has 2 nitrogen and oxygen atoms in total. The Morgan fingerprint density at radius 1 is 1.08 bits per heavy atom. The Kier molecular flexibility index (Phi) is 7.29. The second kappa shape index (κ2) is 7.34. The van der Waals surface area contributed by atoms with Gasteiger partial charge in [-0.1, -0.05) is 39.5 Å². The molecule has 0 heterocycles. The summed E-state index contributed by atoms with van der Waals surface area (Å²) in [6.45, 7) is 6.96. The molecule has 0 fully saturated rings. The van der Waals surface area contributed by atoms with Gasteiger partial charge >= 0.3 is 0 Å². The van der Waals surface area contributed by atoms with Gasteiger partial charge < -0.3 is 10.5 Å². The Balaban J connectivity index is 3.84. The molecule has 0 radical (unpaired) electrons. The number of hydrogen-bond acceptors (Lipinski definition) is 2. The van der Waals surface area contributed by atoms with Crippen LogP contribution in [0.1, 0.15) is 59.3 Å². The zero-order valence-electron chi connectivity index (χ0n) is 9.44. The van der Waals surface area contributed by atoms with Crippen molar-refractivity contribution in [3.63, 3.8) is 0 Å². The summed E-state index contributed by atoms with van der Waals surface area (Å²) < 4.78 is 5.61. The van der Waals surface area contributed by atoms with Crippen LogP contribution < -0.4 is 5.73 Å². The molecule has 0 atom stereocenters. The monoisotopic (exact) mass is 187 g/mol. The summed E-state index contributed by atoms with van der Waals surface area (Å²) >= 11 is 0. The summed E-state index contributed by atoms with van der Waals surface area (Å²) in [4.78, 5) is 0. The Morgan fingerprint density at radius 3 is 1.85 bits per heavy atom. The lowest BCUT2D eigenvalue weighted by molar-refractivity contribution is -0.0432. The number of ether oxygens (including phenoxy) is 1. The Hall–Kier alpha value is -0.0800. The molecule has 0 bridgehead atoms. The van der Waals surface area contributed by atoms with E-state index in [9.17, 15) is 0 Å². The molecule has 0 aliphatic heterocycles. The van der Waals surface area contributed by atoms with Crippen LogP contribution in [0.5, 0.6) is 0 Å². The summed E-state index contributed by atoms with van der Waals surface area (Å²) in [5.74, 6) is 0. The van der Waals surface area contributed by atoms with Crippen molar-refractivity contribution in [3.05, 3.63) is 0 Å². The largest absolute Gasteiger partial charge is 0.360 e. The van der Waals surface area contributed by atoms with Crippen molar-refractivity contribution < 1.29 is 4.74 Å². The van der Waals surface area contributed by atoms with Crippen molar-refractivity contribution in [1.29, 1.82) is 0 Å². The van der Waals surface area contributed by atoms with Gasteiger partial charge in [-0.3, -0.25) is 0 Å². The van der Waals surface area contributed by atoms with Gasteiger partial charge in [-0.25, -0.2) is 0 Å². The quantitative estimate of drug-likeness (QED) is 0.593. The minimum Gasteiger partial charge on any atom is -0.360 e. The van der Waals surface area contributed by atoms with E-state index in [2.05, 4.69) is 20.8 Å². The van der Waals surface area contributed by atoms with E-state index in [1.165, 1.54) is 25.7 Å². The maximum atomic E-state index is 5.61. The van der Waals surface area contributed by atoms with Gasteiger partial charge in [-0.15, -0.1) is 0 Å². The highest BCUT2D eigenvalue weighted by Gasteiger charge is 2.22. The first-order valence-electron chi connectivity index (χ1n) is 5.52. The molecule has 0 unspecified atom stereocenters. The standard InChI is InChI=1S/C11H25NO/c1-4-6-8-11(3,13-10-12)9-7-5-2/h4-10,12H2,1-3H3. The van der Waals surface area contributed by atoms with E-state index in [-0.39, 0.29) is 5.60 Å². The van der Waals surface area contributed by atoms with Crippen molar-refractivity contribution in [1.82, 2.24) is 0 Å². The van der Waals surface area contributed by atoms with Gasteiger partial charge in [0.2, 0.25) is 0 Å². The van der Waals surface area contributed by atoms with Gasteiger partial charge in [-0.2, -0.15) is 0 Å². The predicted octanol–water partition coefficient (Wildman–Crippen LogP) is 3.06. The predicted molar refractivity (Wildman–Crippen MR) is 57.6 cm³/mol. The van der Waals surface area contributed by atoms with Crippen LogP contribution in [0.25, 0.3) is 0 Å². The third-order valence-electron chi connectivity index (χ3n) is 2.55. The molecule has 0 aliphatic carbocycles. The molecular formula is C11H25NO. The zero-order valence-corrected chi connectivity index (χ0v) is 9.44. The lowest BCUT2D eigenvalue weighted by Crippen LogP contribution is -2.31. The van der Waals surface area contributed by atoms with Crippen molar-refractivity contribution in [2.75, 3.05) is 6.73 Å². The second-order valence-electron chi connectivity index (χ2n) is 3.97. The van der Waals surface area contributed by atoms with Crippen molar-refractivity contribution in [2.24, 2.45) is 5.73 Å². The minimum absolute atomic E-state index is 0.0285. The summed E-state index contributed by atoms with van der Waals surface area (Å²) in [6.07, 6.45) is 7.22. The zero-order chi connectivity index (χ0) is 10.2. The van der Waals surface area contributed by atoms with Gasteiger partial charge in [0.15, 0.2) is 0 Å². The summed E-state index contributed by atoms with van der Waals surface area (Å²) in [6, 6.07) is 0. The minimum atomic E-state index is 0.0285. The van der Waals surface area contributed by atoms with Crippen LogP contribution in [-0.2, 0) is 4.74 Å². The van der Waals surface area contributed by atoms with E-state index in [1.807, 2.05) is 0 Å². The molecule has 0 aliphatic rings. The number of nitrogens with two attached hydrogens (primary N) is 1. The van der Waals surface area contributed by atoms with Crippen LogP contribution >= 0.6 is 0 Å². The fourth-order valence-electron chi connectivity index (χ4n) is 1.57. The van der Waals surface area contributed by atoms with E-state index in [0.29, 0.717) is 6.73 Å². The lowest BCUT2D eigenvalue weighted by Gasteiger charge is -2.29. The van der Waals surface area contributed by atoms with Crippen molar-refractivity contribution in [2.45, 2.75) is 64.9 Å². The third kappa shape index (κ3) is 6.05. The molecule has 80 valence electrons. The number of rotatable bonds is 8. The summed E-state index contributed by atoms with van der Waals surface area (Å²) in [5, 5.41) is 0. The second-order valence-corrected chi connectivity index (χ2v) is 3.97. The fraction of sp³-hybridized carbons (Fsp3) is 1.00. The molecule has 0 saturated heterocycles. The Labute approximate surface area is 82.8 Å². The highest BCUT2D eigenvalue weighted by Crippen LogP contribution is 2.24. The lowest BCUT2D eigenvalue weighted by atomic mass is 9.93. The van der Waals surface area contributed by atoms with Crippen LogP contribution in [0.4, 0.5) is 0 Å². The van der Waals surface area contributed by atoms with Crippen LogP contribution in [-0.4, -0.2) is 12.3 Å². The molecule has 0 aromatic carbocycles. The van der Waals surface area contributed by atoms with E-state index in [1.54, 1.807) is 0 Å². The van der Waals surface area contributed by atoms with Gasteiger partial charge in [-0.05, 0) is 19.8 Å². The molecular weight excluding hydrogens is 162 g/mol. The molecule has 0 aromatic rings. The molecule has 0 amide bonds. The first kappa shape index (κ1) is 12.9. The fourth-order valence-corrected chi connectivity index (χ4v) is 1.57. The van der Waals surface area contributed by atoms with Gasteiger partial charge in [0.05, 0.1) is 12.3 Å². The topological polar surface area (TPSA) is 35.2 Å². The molecule has 2 heteroatoms. The summed E-state index contributed by atoms with van der Waals surface area (Å²) in [5.41, 5.74) is 5.46. The van der Waals surface area contributed by atoms with E-state index >= 15 is 0 Å². The number of hydrogen-bond donors (Lipinski definition) is 1. The average Bonchev–Trinajstić information content (AvgIpc) is 2.12. The molecule has 2 N–H and O–H groups in total. The average molecular weight is 187 g/mol. The van der Waals surface area contributed by atoms with Gasteiger partial charge in [0, 0.05) is 0 Å². The van der Waals surface area contributed by atoms with E-state index in [4.69, 9.17) is 10.5 Å². The van der Waals surface area contributed by atoms with Crippen LogP contribution in [0.2, 0.25) is 0 Å². The Morgan fingerprint density at radius 2 is 1.54 bits per heavy atom. The first-order chi connectivity index (χ1) is 6.18.